The SMILES string of the molecule is BrC[C@H](Br)[C@H]1CC[C@H](Br)[C@H](Br)C1. The maximum atomic E-state index is 3.71. The second kappa shape index (κ2) is 5.72. The molecule has 0 saturated heterocycles. The molecule has 4 heteroatoms. The van der Waals surface area contributed by atoms with Gasteiger partial charge in [0.2, 0.25) is 0 Å². The Morgan fingerprint density at radius 3 is 2.33 bits per heavy atom. The van der Waals surface area contributed by atoms with Gasteiger partial charge in [0.25, 0.3) is 0 Å². The van der Waals surface area contributed by atoms with Gasteiger partial charge in [0.1, 0.15) is 0 Å². The molecule has 0 bridgehead atoms. The summed E-state index contributed by atoms with van der Waals surface area (Å²) in [7, 11) is 0. The van der Waals surface area contributed by atoms with Gasteiger partial charge < -0.3 is 0 Å². The topological polar surface area (TPSA) is 0 Å². The van der Waals surface area contributed by atoms with E-state index in [2.05, 4.69) is 63.7 Å². The van der Waals surface area contributed by atoms with Crippen molar-refractivity contribution in [2.75, 3.05) is 5.33 Å². The summed E-state index contributed by atoms with van der Waals surface area (Å²) in [5.41, 5.74) is 0. The van der Waals surface area contributed by atoms with Gasteiger partial charge >= 0.3 is 0 Å². The predicted octanol–water partition coefficient (Wildman–Crippen LogP) is 4.47. The highest BCUT2D eigenvalue weighted by Crippen LogP contribution is 2.37. The Balaban J connectivity index is 2.39. The molecule has 0 aromatic rings. The van der Waals surface area contributed by atoms with Crippen molar-refractivity contribution in [3.05, 3.63) is 0 Å². The third kappa shape index (κ3) is 3.25. The van der Waals surface area contributed by atoms with E-state index in [4.69, 9.17) is 0 Å². The Morgan fingerprint density at radius 1 is 1.17 bits per heavy atom. The molecule has 72 valence electrons. The van der Waals surface area contributed by atoms with Crippen LogP contribution in [0.1, 0.15) is 19.3 Å². The Morgan fingerprint density at radius 2 is 1.83 bits per heavy atom. The highest BCUT2D eigenvalue weighted by molar-refractivity contribution is 9.12. The molecule has 1 rings (SSSR count). The number of alkyl halides is 4. The van der Waals surface area contributed by atoms with Crippen LogP contribution in [0.25, 0.3) is 0 Å². The van der Waals surface area contributed by atoms with Crippen molar-refractivity contribution in [3.63, 3.8) is 0 Å². The summed E-state index contributed by atoms with van der Waals surface area (Å²) in [4.78, 5) is 1.96. The van der Waals surface area contributed by atoms with Crippen LogP contribution in [0.2, 0.25) is 0 Å². The molecule has 0 radical (unpaired) electrons. The standard InChI is InChI=1S/C8H12Br4/c9-4-8(12)5-1-2-6(10)7(11)3-5/h5-8H,1-4H2/t5-,6-,7+,8-/m0/s1. The maximum Gasteiger partial charge on any atom is 0.0274 e. The minimum atomic E-state index is 0.637. The summed E-state index contributed by atoms with van der Waals surface area (Å²) < 4.78 is 0. The monoisotopic (exact) mass is 424 g/mol. The third-order valence-corrected chi connectivity index (χ3v) is 7.85. The molecule has 0 unspecified atom stereocenters. The molecule has 0 amide bonds. The summed E-state index contributed by atoms with van der Waals surface area (Å²) in [6.45, 7) is 0. The van der Waals surface area contributed by atoms with Crippen LogP contribution < -0.4 is 0 Å². The van der Waals surface area contributed by atoms with E-state index < -0.39 is 0 Å². The van der Waals surface area contributed by atoms with Crippen molar-refractivity contribution in [3.8, 4) is 0 Å². The van der Waals surface area contributed by atoms with Crippen molar-refractivity contribution >= 4 is 63.7 Å². The van der Waals surface area contributed by atoms with Crippen LogP contribution in [-0.4, -0.2) is 19.8 Å². The maximum absolute atomic E-state index is 3.71. The van der Waals surface area contributed by atoms with Crippen LogP contribution in [0.5, 0.6) is 0 Å². The Bertz CT molecular complexity index is 139. The highest BCUT2D eigenvalue weighted by atomic mass is 79.9. The molecule has 0 spiro atoms. The molecule has 0 heterocycles. The van der Waals surface area contributed by atoms with Crippen LogP contribution in [0.15, 0.2) is 0 Å². The largest absolute Gasteiger partial charge is 0.0916 e. The van der Waals surface area contributed by atoms with E-state index in [1.807, 2.05) is 0 Å². The lowest BCUT2D eigenvalue weighted by molar-refractivity contribution is 0.383. The van der Waals surface area contributed by atoms with Crippen molar-refractivity contribution in [2.45, 2.75) is 33.7 Å². The van der Waals surface area contributed by atoms with Crippen molar-refractivity contribution < 1.29 is 0 Å². The molecule has 0 aliphatic heterocycles. The molecule has 1 aliphatic rings. The number of rotatable bonds is 2. The molecular weight excluding hydrogens is 416 g/mol. The Labute approximate surface area is 108 Å². The Hall–Kier alpha value is 1.92. The van der Waals surface area contributed by atoms with Gasteiger partial charge in [0.15, 0.2) is 0 Å². The minimum absolute atomic E-state index is 0.637. The van der Waals surface area contributed by atoms with Crippen LogP contribution in [-0.2, 0) is 0 Å². The van der Waals surface area contributed by atoms with E-state index in [0.29, 0.717) is 14.5 Å². The second-order valence-electron chi connectivity index (χ2n) is 3.28. The number of hydrogen-bond acceptors (Lipinski definition) is 0. The van der Waals surface area contributed by atoms with Gasteiger partial charge in [-0.15, -0.1) is 0 Å². The summed E-state index contributed by atoms with van der Waals surface area (Å²) in [5.74, 6) is 0.822. The lowest BCUT2D eigenvalue weighted by Gasteiger charge is -2.32. The van der Waals surface area contributed by atoms with Gasteiger partial charge in [-0.3, -0.25) is 0 Å². The zero-order chi connectivity index (χ0) is 9.14. The van der Waals surface area contributed by atoms with Gasteiger partial charge in [-0.25, -0.2) is 0 Å². The molecular formula is C8H12Br4. The minimum Gasteiger partial charge on any atom is -0.0916 e. The molecule has 1 fully saturated rings. The van der Waals surface area contributed by atoms with Gasteiger partial charge in [-0.2, -0.15) is 0 Å². The molecule has 1 aliphatic carbocycles. The molecule has 4 atom stereocenters. The van der Waals surface area contributed by atoms with Gasteiger partial charge in [0.05, 0.1) is 0 Å². The smallest absolute Gasteiger partial charge is 0.0274 e. The first kappa shape index (κ1) is 12.0. The fraction of sp³-hybridized carbons (Fsp3) is 1.00. The van der Waals surface area contributed by atoms with Crippen LogP contribution in [0, 0.1) is 5.92 Å². The summed E-state index contributed by atoms with van der Waals surface area (Å²) in [6, 6.07) is 0. The Kier molecular flexibility index (Phi) is 5.71. The van der Waals surface area contributed by atoms with Crippen molar-refractivity contribution in [1.82, 2.24) is 0 Å². The van der Waals surface area contributed by atoms with E-state index in [1.165, 1.54) is 19.3 Å². The number of hydrogen-bond donors (Lipinski definition) is 0. The molecule has 0 aromatic heterocycles. The molecule has 0 aromatic carbocycles. The average Bonchev–Trinajstić information content (AvgIpc) is 2.08. The van der Waals surface area contributed by atoms with Gasteiger partial charge in [0, 0.05) is 19.8 Å². The average molecular weight is 428 g/mol. The van der Waals surface area contributed by atoms with E-state index in [1.54, 1.807) is 0 Å². The van der Waals surface area contributed by atoms with E-state index >= 15 is 0 Å². The van der Waals surface area contributed by atoms with E-state index in [9.17, 15) is 0 Å². The fourth-order valence-corrected chi connectivity index (χ4v) is 3.80. The first-order valence-corrected chi connectivity index (χ1v) is 8.00. The van der Waals surface area contributed by atoms with Gasteiger partial charge in [-0.05, 0) is 25.2 Å². The summed E-state index contributed by atoms with van der Waals surface area (Å²) >= 11 is 14.6. The predicted molar refractivity (Wildman–Crippen MR) is 69.3 cm³/mol. The van der Waals surface area contributed by atoms with E-state index in [0.717, 1.165) is 11.2 Å². The van der Waals surface area contributed by atoms with Crippen LogP contribution >= 0.6 is 63.7 Å². The van der Waals surface area contributed by atoms with Crippen LogP contribution in [0.4, 0.5) is 0 Å². The van der Waals surface area contributed by atoms with Crippen molar-refractivity contribution in [1.29, 1.82) is 0 Å². The first-order valence-electron chi connectivity index (χ1n) is 4.13. The fourth-order valence-electron chi connectivity index (χ4n) is 1.56. The van der Waals surface area contributed by atoms with Crippen LogP contribution in [0.3, 0.4) is 0 Å². The zero-order valence-electron chi connectivity index (χ0n) is 6.65. The molecule has 0 nitrogen and oxygen atoms in total. The quantitative estimate of drug-likeness (QED) is 0.570. The normalized spacial score (nSPS) is 39.5. The lowest BCUT2D eigenvalue weighted by atomic mass is 9.87. The second-order valence-corrected chi connectivity index (χ2v) is 7.45. The zero-order valence-corrected chi connectivity index (χ0v) is 13.0. The molecule has 1 saturated carbocycles. The lowest BCUT2D eigenvalue weighted by Crippen LogP contribution is -2.30. The van der Waals surface area contributed by atoms with E-state index in [-0.39, 0.29) is 0 Å². The van der Waals surface area contributed by atoms with Gasteiger partial charge in [-0.1, -0.05) is 63.7 Å². The highest BCUT2D eigenvalue weighted by Gasteiger charge is 2.30. The first-order chi connectivity index (χ1) is 5.65. The van der Waals surface area contributed by atoms with Crippen molar-refractivity contribution in [2.24, 2.45) is 5.92 Å². The summed E-state index contributed by atoms with van der Waals surface area (Å²) in [5, 5.41) is 1.06. The molecule has 0 N–H and O–H groups in total. The summed E-state index contributed by atoms with van der Waals surface area (Å²) in [6.07, 6.45) is 3.90. The molecule has 12 heavy (non-hydrogen) atoms. The third-order valence-electron chi connectivity index (χ3n) is 2.39. The number of halogens is 4.